The molecule has 0 fully saturated rings. The minimum absolute atomic E-state index is 0.229. The summed E-state index contributed by atoms with van der Waals surface area (Å²) in [5.41, 5.74) is 1.91. The molecule has 0 aromatic heterocycles. The lowest BCUT2D eigenvalue weighted by molar-refractivity contribution is -0.106. The maximum absolute atomic E-state index is 12.6. The molecule has 0 radical (unpaired) electrons. The summed E-state index contributed by atoms with van der Waals surface area (Å²) in [6, 6.07) is 9.08. The SMILES string of the molecule is O=CNc1ccc2c(c1)C(=O)c1cc(NC=O)ccc1C2=O. The highest BCUT2D eigenvalue weighted by Crippen LogP contribution is 2.30. The number of anilines is 2. The lowest BCUT2D eigenvalue weighted by Gasteiger charge is -2.18. The number of nitrogens with one attached hydrogen (secondary N) is 2. The number of rotatable bonds is 4. The van der Waals surface area contributed by atoms with Crippen molar-refractivity contribution < 1.29 is 19.2 Å². The topological polar surface area (TPSA) is 92.3 Å². The molecule has 0 atom stereocenters. The van der Waals surface area contributed by atoms with Crippen molar-refractivity contribution in [1.29, 1.82) is 0 Å². The predicted molar refractivity (Wildman–Crippen MR) is 79.1 cm³/mol. The van der Waals surface area contributed by atoms with E-state index < -0.39 is 0 Å². The largest absolute Gasteiger partial charge is 0.329 e. The van der Waals surface area contributed by atoms with Gasteiger partial charge in [0.05, 0.1) is 0 Å². The van der Waals surface area contributed by atoms with Crippen molar-refractivity contribution in [2.24, 2.45) is 0 Å². The van der Waals surface area contributed by atoms with Crippen LogP contribution < -0.4 is 10.6 Å². The average Bonchev–Trinajstić information content (AvgIpc) is 2.53. The molecule has 0 saturated carbocycles. The van der Waals surface area contributed by atoms with Gasteiger partial charge in [-0.25, -0.2) is 0 Å². The number of amides is 2. The second kappa shape index (κ2) is 5.25. The third kappa shape index (κ3) is 2.07. The summed E-state index contributed by atoms with van der Waals surface area (Å²) >= 11 is 0. The number of carbonyl (C=O) groups excluding carboxylic acids is 4. The number of hydrogen-bond donors (Lipinski definition) is 2. The zero-order valence-electron chi connectivity index (χ0n) is 11.3. The van der Waals surface area contributed by atoms with Crippen LogP contribution in [0, 0.1) is 0 Å². The number of carbonyl (C=O) groups is 4. The fraction of sp³-hybridized carbons (Fsp3) is 0. The van der Waals surface area contributed by atoms with E-state index in [-0.39, 0.29) is 22.7 Å². The molecule has 108 valence electrons. The van der Waals surface area contributed by atoms with E-state index in [0.29, 0.717) is 35.3 Å². The van der Waals surface area contributed by atoms with Crippen molar-refractivity contribution in [3.05, 3.63) is 58.7 Å². The summed E-state index contributed by atoms with van der Waals surface area (Å²) in [5.74, 6) is -0.589. The summed E-state index contributed by atoms with van der Waals surface area (Å²) in [5, 5.41) is 4.89. The highest BCUT2D eigenvalue weighted by molar-refractivity contribution is 6.29. The second-order valence-electron chi connectivity index (χ2n) is 4.70. The molecule has 3 rings (SSSR count). The highest BCUT2D eigenvalue weighted by Gasteiger charge is 2.29. The lowest BCUT2D eigenvalue weighted by atomic mass is 9.83. The minimum Gasteiger partial charge on any atom is -0.329 e. The first-order chi connectivity index (χ1) is 10.7. The number of fused-ring (bicyclic) bond motifs is 2. The molecule has 6 nitrogen and oxygen atoms in total. The van der Waals surface area contributed by atoms with E-state index >= 15 is 0 Å². The van der Waals surface area contributed by atoms with E-state index in [1.807, 2.05) is 0 Å². The Morgan fingerprint density at radius 3 is 1.45 bits per heavy atom. The van der Waals surface area contributed by atoms with Crippen LogP contribution in [-0.4, -0.2) is 24.4 Å². The van der Waals surface area contributed by atoms with Crippen LogP contribution in [0.2, 0.25) is 0 Å². The van der Waals surface area contributed by atoms with Crippen LogP contribution in [0.15, 0.2) is 36.4 Å². The van der Waals surface area contributed by atoms with Crippen molar-refractivity contribution in [3.63, 3.8) is 0 Å². The van der Waals surface area contributed by atoms with Crippen LogP contribution in [0.5, 0.6) is 0 Å². The van der Waals surface area contributed by atoms with Crippen LogP contribution in [0.3, 0.4) is 0 Å². The van der Waals surface area contributed by atoms with Crippen molar-refractivity contribution in [2.75, 3.05) is 10.6 Å². The molecule has 2 aromatic rings. The molecule has 6 heteroatoms. The summed E-state index contributed by atoms with van der Waals surface area (Å²) in [6.45, 7) is 0. The molecule has 0 heterocycles. The van der Waals surface area contributed by atoms with Crippen LogP contribution in [0.4, 0.5) is 11.4 Å². The van der Waals surface area contributed by atoms with Gasteiger partial charge in [-0.1, -0.05) is 0 Å². The molecule has 22 heavy (non-hydrogen) atoms. The molecule has 0 unspecified atom stereocenters. The van der Waals surface area contributed by atoms with Gasteiger partial charge in [0.25, 0.3) is 0 Å². The average molecular weight is 294 g/mol. The van der Waals surface area contributed by atoms with Crippen molar-refractivity contribution in [3.8, 4) is 0 Å². The van der Waals surface area contributed by atoms with Gasteiger partial charge >= 0.3 is 0 Å². The first-order valence-corrected chi connectivity index (χ1v) is 6.43. The van der Waals surface area contributed by atoms with Crippen LogP contribution in [0.1, 0.15) is 31.8 Å². The molecule has 1 aliphatic carbocycles. The van der Waals surface area contributed by atoms with Crippen LogP contribution >= 0.6 is 0 Å². The van der Waals surface area contributed by atoms with Gasteiger partial charge in [-0.3, -0.25) is 19.2 Å². The minimum atomic E-state index is -0.325. The van der Waals surface area contributed by atoms with E-state index in [1.165, 1.54) is 24.3 Å². The molecular weight excluding hydrogens is 284 g/mol. The number of ketones is 2. The molecule has 2 N–H and O–H groups in total. The first kappa shape index (κ1) is 13.7. The maximum Gasteiger partial charge on any atom is 0.211 e. The predicted octanol–water partition coefficient (Wildman–Crippen LogP) is 1.60. The number of benzene rings is 2. The zero-order valence-corrected chi connectivity index (χ0v) is 11.3. The quantitative estimate of drug-likeness (QED) is 0.715. The van der Waals surface area contributed by atoms with Gasteiger partial charge < -0.3 is 10.6 Å². The van der Waals surface area contributed by atoms with Gasteiger partial charge in [-0.15, -0.1) is 0 Å². The zero-order chi connectivity index (χ0) is 15.7. The Hall–Kier alpha value is -3.28. The van der Waals surface area contributed by atoms with E-state index in [9.17, 15) is 19.2 Å². The molecule has 2 aromatic carbocycles. The molecule has 0 spiro atoms. The van der Waals surface area contributed by atoms with E-state index in [1.54, 1.807) is 12.1 Å². The molecule has 0 aliphatic heterocycles. The summed E-state index contributed by atoms with van der Waals surface area (Å²) in [4.78, 5) is 46.0. The normalized spacial score (nSPS) is 12.2. The van der Waals surface area contributed by atoms with Gasteiger partial charge in [-0.2, -0.15) is 0 Å². The monoisotopic (exact) mass is 294 g/mol. The highest BCUT2D eigenvalue weighted by atomic mass is 16.1. The molecular formula is C16H10N2O4. The van der Waals surface area contributed by atoms with Gasteiger partial charge in [0.1, 0.15) is 0 Å². The van der Waals surface area contributed by atoms with E-state index in [2.05, 4.69) is 10.6 Å². The Morgan fingerprint density at radius 2 is 1.05 bits per heavy atom. The second-order valence-corrected chi connectivity index (χ2v) is 4.70. The Kier molecular flexibility index (Phi) is 3.27. The van der Waals surface area contributed by atoms with Gasteiger partial charge in [-0.05, 0) is 36.4 Å². The first-order valence-electron chi connectivity index (χ1n) is 6.43. The van der Waals surface area contributed by atoms with Crippen LogP contribution in [0.25, 0.3) is 0 Å². The molecule has 0 bridgehead atoms. The van der Waals surface area contributed by atoms with E-state index in [0.717, 1.165) is 0 Å². The molecule has 0 saturated heterocycles. The number of hydrogen-bond acceptors (Lipinski definition) is 4. The Morgan fingerprint density at radius 1 is 0.636 bits per heavy atom. The Balaban J connectivity index is 2.14. The summed E-state index contributed by atoms with van der Waals surface area (Å²) < 4.78 is 0. The Labute approximate surface area is 125 Å². The summed E-state index contributed by atoms with van der Waals surface area (Å²) in [6.07, 6.45) is 0.994. The molecule has 2 amide bonds. The van der Waals surface area contributed by atoms with Crippen molar-refractivity contribution in [1.82, 2.24) is 0 Å². The fourth-order valence-corrected chi connectivity index (χ4v) is 2.47. The van der Waals surface area contributed by atoms with Crippen molar-refractivity contribution >= 4 is 35.8 Å². The van der Waals surface area contributed by atoms with Gasteiger partial charge in [0.2, 0.25) is 12.8 Å². The molecule has 1 aliphatic rings. The smallest absolute Gasteiger partial charge is 0.211 e. The fourth-order valence-electron chi connectivity index (χ4n) is 2.47. The van der Waals surface area contributed by atoms with Crippen LogP contribution in [-0.2, 0) is 9.59 Å². The van der Waals surface area contributed by atoms with E-state index in [4.69, 9.17) is 0 Å². The lowest BCUT2D eigenvalue weighted by Crippen LogP contribution is -2.21. The van der Waals surface area contributed by atoms with Crippen molar-refractivity contribution in [2.45, 2.75) is 0 Å². The third-order valence-electron chi connectivity index (χ3n) is 3.47. The third-order valence-corrected chi connectivity index (χ3v) is 3.47. The van der Waals surface area contributed by atoms with Gasteiger partial charge in [0.15, 0.2) is 11.6 Å². The van der Waals surface area contributed by atoms with Gasteiger partial charge in [0, 0.05) is 33.6 Å². The summed E-state index contributed by atoms with van der Waals surface area (Å²) in [7, 11) is 0. The standard InChI is InChI=1S/C16H10N2O4/c19-7-17-9-1-3-11-13(5-9)16(22)14-6-10(18-8-20)2-4-12(14)15(11)21/h1-8H,(H,17,19)(H,18,20). The maximum atomic E-state index is 12.6. The Bertz CT molecular complexity index is 761.